The van der Waals surface area contributed by atoms with Crippen molar-refractivity contribution in [2.45, 2.75) is 31.9 Å². The third kappa shape index (κ3) is 3.74. The Morgan fingerprint density at radius 3 is 2.56 bits per heavy atom. The quantitative estimate of drug-likeness (QED) is 0.457. The highest BCUT2D eigenvalue weighted by molar-refractivity contribution is 7.91. The molecule has 32 heavy (non-hydrogen) atoms. The van der Waals surface area contributed by atoms with Crippen LogP contribution in [0.1, 0.15) is 19.4 Å². The molecule has 9 heteroatoms. The van der Waals surface area contributed by atoms with Crippen molar-refractivity contribution in [2.24, 2.45) is 0 Å². The fraction of sp³-hybridized carbons (Fsp3) is 0.261. The van der Waals surface area contributed by atoms with Crippen LogP contribution in [0.15, 0.2) is 53.8 Å². The lowest BCUT2D eigenvalue weighted by Gasteiger charge is -2.15. The molecule has 0 saturated carbocycles. The zero-order valence-electron chi connectivity index (χ0n) is 18.1. The van der Waals surface area contributed by atoms with E-state index in [1.807, 2.05) is 29.7 Å². The summed E-state index contributed by atoms with van der Waals surface area (Å²) in [7, 11) is -1.88. The molecule has 2 aromatic heterocycles. The lowest BCUT2D eigenvalue weighted by molar-refractivity contribution is 0.282. The predicted molar refractivity (Wildman–Crippen MR) is 122 cm³/mol. The maximum absolute atomic E-state index is 12.3. The highest BCUT2D eigenvalue weighted by Crippen LogP contribution is 2.37. The van der Waals surface area contributed by atoms with Gasteiger partial charge in [0.2, 0.25) is 0 Å². The summed E-state index contributed by atoms with van der Waals surface area (Å²) in [6, 6.07) is 10.5. The topological polar surface area (TPSA) is 107 Å². The fourth-order valence-corrected chi connectivity index (χ4v) is 4.60. The second kappa shape index (κ2) is 8.68. The van der Waals surface area contributed by atoms with Gasteiger partial charge in [-0.3, -0.25) is 0 Å². The number of hydrogen-bond acceptors (Lipinski definition) is 7. The first-order chi connectivity index (χ1) is 15.4. The van der Waals surface area contributed by atoms with Crippen LogP contribution in [0.3, 0.4) is 0 Å². The molecule has 1 N–H and O–H groups in total. The van der Waals surface area contributed by atoms with E-state index < -0.39 is 9.84 Å². The molecule has 2 aromatic carbocycles. The van der Waals surface area contributed by atoms with E-state index in [-0.39, 0.29) is 17.3 Å². The number of hydrogen-bond donors (Lipinski definition) is 1. The Kier molecular flexibility index (Phi) is 5.94. The highest BCUT2D eigenvalue weighted by Gasteiger charge is 2.18. The fourth-order valence-electron chi connectivity index (χ4n) is 3.70. The van der Waals surface area contributed by atoms with E-state index in [0.29, 0.717) is 22.5 Å². The zero-order valence-corrected chi connectivity index (χ0v) is 18.9. The van der Waals surface area contributed by atoms with E-state index in [9.17, 15) is 13.5 Å². The number of aliphatic hydroxyl groups excluding tert-OH is 1. The van der Waals surface area contributed by atoms with Crippen molar-refractivity contribution >= 4 is 21.0 Å². The number of nitrogens with zero attached hydrogens (tertiary/aromatic N) is 4. The van der Waals surface area contributed by atoms with E-state index in [2.05, 4.69) is 15.2 Å². The van der Waals surface area contributed by atoms with Gasteiger partial charge in [-0.15, -0.1) is 5.10 Å². The molecule has 0 unspecified atom stereocenters. The van der Waals surface area contributed by atoms with Gasteiger partial charge in [-0.05, 0) is 47.9 Å². The number of ether oxygens (including phenoxy) is 1. The number of aromatic nitrogens is 4. The highest BCUT2D eigenvalue weighted by atomic mass is 32.2. The van der Waals surface area contributed by atoms with Gasteiger partial charge in [0.25, 0.3) is 0 Å². The lowest BCUT2D eigenvalue weighted by atomic mass is 9.94. The van der Waals surface area contributed by atoms with Crippen LogP contribution in [0, 0.1) is 0 Å². The molecule has 2 heterocycles. The second-order valence-electron chi connectivity index (χ2n) is 7.26. The molecular formula is C23H24N4O4S. The first-order valence-electron chi connectivity index (χ1n) is 10.2. The second-order valence-corrected chi connectivity index (χ2v) is 9.53. The molecule has 0 aliphatic heterocycles. The largest absolute Gasteiger partial charge is 0.496 e. The predicted octanol–water partition coefficient (Wildman–Crippen LogP) is 3.47. The van der Waals surface area contributed by atoms with Gasteiger partial charge in [0.15, 0.2) is 15.5 Å². The van der Waals surface area contributed by atoms with Crippen LogP contribution in [0.2, 0.25) is 0 Å². The maximum atomic E-state index is 12.3. The van der Waals surface area contributed by atoms with Crippen LogP contribution in [0.25, 0.3) is 33.4 Å². The van der Waals surface area contributed by atoms with Crippen LogP contribution in [-0.2, 0) is 23.0 Å². The van der Waals surface area contributed by atoms with Crippen molar-refractivity contribution in [3.8, 4) is 28.0 Å². The number of imidazole rings is 1. The zero-order chi connectivity index (χ0) is 22.9. The summed E-state index contributed by atoms with van der Waals surface area (Å²) < 4.78 is 32.1. The molecule has 8 nitrogen and oxygen atoms in total. The third-order valence-corrected chi connectivity index (χ3v) is 7.27. The Morgan fingerprint density at radius 2 is 1.88 bits per heavy atom. The van der Waals surface area contributed by atoms with E-state index >= 15 is 0 Å². The van der Waals surface area contributed by atoms with Gasteiger partial charge in [0, 0.05) is 17.7 Å². The summed E-state index contributed by atoms with van der Waals surface area (Å²) in [5.74, 6) is 0.419. The van der Waals surface area contributed by atoms with Crippen molar-refractivity contribution in [1.29, 1.82) is 0 Å². The Hall–Kier alpha value is -3.30. The molecule has 166 valence electrons. The Morgan fingerprint density at radius 1 is 1.06 bits per heavy atom. The number of rotatable bonds is 7. The average Bonchev–Trinajstić information content (AvgIpc) is 3.26. The first-order valence-corrected chi connectivity index (χ1v) is 11.9. The Bertz CT molecular complexity index is 1400. The molecule has 0 radical (unpaired) electrons. The number of benzene rings is 2. The van der Waals surface area contributed by atoms with Gasteiger partial charge in [0.05, 0.1) is 36.9 Å². The first kappa shape index (κ1) is 21.9. The van der Waals surface area contributed by atoms with Crippen LogP contribution >= 0.6 is 0 Å². The van der Waals surface area contributed by atoms with Crippen molar-refractivity contribution < 1.29 is 18.3 Å². The molecule has 0 spiro atoms. The van der Waals surface area contributed by atoms with Gasteiger partial charge in [-0.1, -0.05) is 19.1 Å². The van der Waals surface area contributed by atoms with Crippen LogP contribution in [0.4, 0.5) is 0 Å². The van der Waals surface area contributed by atoms with Crippen molar-refractivity contribution in [2.75, 3.05) is 12.9 Å². The molecule has 0 fully saturated rings. The van der Waals surface area contributed by atoms with E-state index in [1.165, 1.54) is 13.2 Å². The molecule has 0 bridgehead atoms. The lowest BCUT2D eigenvalue weighted by Crippen LogP contribution is -2.04. The number of aliphatic hydroxyl groups is 1. The summed E-state index contributed by atoms with van der Waals surface area (Å²) in [6.45, 7) is 4.17. The molecule has 0 aliphatic rings. The smallest absolute Gasteiger partial charge is 0.183 e. The van der Waals surface area contributed by atoms with Crippen LogP contribution < -0.4 is 4.74 Å². The summed E-state index contributed by atoms with van der Waals surface area (Å²) >= 11 is 0. The number of fused-ring (bicyclic) bond motifs is 1. The van der Waals surface area contributed by atoms with Crippen molar-refractivity contribution in [3.63, 3.8) is 0 Å². The SMILES string of the molecule is CCn1cnc2c(-c3ccc(CO)c(-c4ccc(S(=O)(=O)CC)cc4OC)c3)cnnc21. The molecule has 0 atom stereocenters. The maximum Gasteiger partial charge on any atom is 0.183 e. The van der Waals surface area contributed by atoms with Crippen LogP contribution in [-0.4, -0.2) is 46.1 Å². The summed E-state index contributed by atoms with van der Waals surface area (Å²) in [6.07, 6.45) is 3.41. The average molecular weight is 453 g/mol. The normalized spacial score (nSPS) is 11.8. The summed E-state index contributed by atoms with van der Waals surface area (Å²) in [4.78, 5) is 4.71. The minimum absolute atomic E-state index is 0.00231. The van der Waals surface area contributed by atoms with Crippen LogP contribution in [0.5, 0.6) is 5.75 Å². The Balaban J connectivity index is 1.90. The van der Waals surface area contributed by atoms with Gasteiger partial charge in [-0.2, -0.15) is 5.10 Å². The summed E-state index contributed by atoms with van der Waals surface area (Å²) in [5, 5.41) is 18.3. The Labute approximate surface area is 186 Å². The molecule has 4 rings (SSSR count). The van der Waals surface area contributed by atoms with E-state index in [1.54, 1.807) is 31.6 Å². The molecule has 0 amide bonds. The number of aryl methyl sites for hydroxylation is 1. The van der Waals surface area contributed by atoms with E-state index in [4.69, 9.17) is 4.74 Å². The van der Waals surface area contributed by atoms with Crippen molar-refractivity contribution in [1.82, 2.24) is 19.7 Å². The molecule has 4 aromatic rings. The third-order valence-electron chi connectivity index (χ3n) is 5.54. The number of methoxy groups -OCH3 is 1. The van der Waals surface area contributed by atoms with Crippen molar-refractivity contribution in [3.05, 3.63) is 54.5 Å². The summed E-state index contributed by atoms with van der Waals surface area (Å²) in [5.41, 5.74) is 5.22. The standard InChI is InChI=1S/C23H24N4O4S/c1-4-27-14-24-22-20(12-25-26-23(22)27)15-6-7-16(13-28)19(10-15)18-9-8-17(11-21(18)31-3)32(29,30)5-2/h6-12,14,28H,4-5,13H2,1-3H3. The molecule has 0 aliphatic carbocycles. The van der Waals surface area contributed by atoms with Gasteiger partial charge >= 0.3 is 0 Å². The van der Waals surface area contributed by atoms with Gasteiger partial charge in [-0.25, -0.2) is 13.4 Å². The molecular weight excluding hydrogens is 428 g/mol. The number of sulfone groups is 1. The van der Waals surface area contributed by atoms with Gasteiger partial charge < -0.3 is 14.4 Å². The minimum Gasteiger partial charge on any atom is -0.496 e. The van der Waals surface area contributed by atoms with Gasteiger partial charge in [0.1, 0.15) is 11.3 Å². The monoisotopic (exact) mass is 452 g/mol. The molecule has 0 saturated heterocycles. The minimum atomic E-state index is -3.38. The van der Waals surface area contributed by atoms with E-state index in [0.717, 1.165) is 28.8 Å².